The normalized spacial score (nSPS) is 35.3. The molecule has 0 aromatic heterocycles. The SMILES string of the molecule is COC(=O)[C@@]12CCC(=O)[C@@]3(C#N)C[C@@H]1C(O[Si](C)(C)C(C)(C)C)=C(C(C)C)[C@@]23C#N. The fourth-order valence-corrected chi connectivity index (χ4v) is 7.05. The summed E-state index contributed by atoms with van der Waals surface area (Å²) in [7, 11) is -0.988. The van der Waals surface area contributed by atoms with Crippen molar-refractivity contribution in [1.29, 1.82) is 10.5 Å². The Bertz CT molecular complexity index is 932. The van der Waals surface area contributed by atoms with Crippen LogP contribution in [0.15, 0.2) is 11.3 Å². The van der Waals surface area contributed by atoms with Crippen LogP contribution in [0.25, 0.3) is 0 Å². The number of esters is 1. The zero-order valence-corrected chi connectivity index (χ0v) is 20.3. The summed E-state index contributed by atoms with van der Waals surface area (Å²) in [4.78, 5) is 26.5. The van der Waals surface area contributed by atoms with Crippen LogP contribution in [0.2, 0.25) is 18.1 Å². The monoisotopic (exact) mass is 428 g/mol. The van der Waals surface area contributed by atoms with Gasteiger partial charge in [-0.25, -0.2) is 0 Å². The topological polar surface area (TPSA) is 100 Å². The molecule has 4 bridgehead atoms. The summed E-state index contributed by atoms with van der Waals surface area (Å²) in [5.41, 5.74) is -3.67. The van der Waals surface area contributed by atoms with Gasteiger partial charge in [0, 0.05) is 12.3 Å². The largest absolute Gasteiger partial charge is 0.546 e. The van der Waals surface area contributed by atoms with Gasteiger partial charge in [0.05, 0.1) is 25.0 Å². The minimum Gasteiger partial charge on any atom is -0.546 e. The second-order valence-electron chi connectivity index (χ2n) is 10.8. The molecule has 2 saturated carbocycles. The number of methoxy groups -OCH3 is 1. The predicted octanol–water partition coefficient (Wildman–Crippen LogP) is 4.49. The predicted molar refractivity (Wildman–Crippen MR) is 113 cm³/mol. The first-order valence-electron chi connectivity index (χ1n) is 10.6. The van der Waals surface area contributed by atoms with Crippen LogP contribution in [0.5, 0.6) is 0 Å². The Labute approximate surface area is 180 Å². The Hall–Kier alpha value is -2.12. The molecule has 0 aromatic carbocycles. The van der Waals surface area contributed by atoms with Crippen molar-refractivity contribution in [3.05, 3.63) is 11.3 Å². The van der Waals surface area contributed by atoms with E-state index in [1.807, 2.05) is 13.8 Å². The van der Waals surface area contributed by atoms with Gasteiger partial charge in [0.25, 0.3) is 0 Å². The number of carbonyl (C=O) groups excluding carboxylic acids is 2. The van der Waals surface area contributed by atoms with Gasteiger partial charge < -0.3 is 9.16 Å². The van der Waals surface area contributed by atoms with E-state index in [9.17, 15) is 20.1 Å². The Morgan fingerprint density at radius 3 is 2.27 bits per heavy atom. The minimum atomic E-state index is -2.30. The Kier molecular flexibility index (Phi) is 4.84. The maximum Gasteiger partial charge on any atom is 0.314 e. The molecule has 6 nitrogen and oxygen atoms in total. The molecule has 0 heterocycles. The van der Waals surface area contributed by atoms with Crippen molar-refractivity contribution in [3.8, 4) is 12.1 Å². The molecule has 0 radical (unpaired) electrons. The molecular formula is C23H32N2O4Si. The standard InChI is InChI=1S/C23H32N2O4Si/c1-14(2)17-18(29-30(7,8)20(3,4)5)15-11-21(12-24)16(26)9-10-22(15,19(27)28-6)23(17,21)13-25/h14-15H,9-11H2,1-8H3/t15-,21+,22-,23-/m1/s1. The summed E-state index contributed by atoms with van der Waals surface area (Å²) < 4.78 is 12.0. The average Bonchev–Trinajstić information content (AvgIpc) is 2.99. The van der Waals surface area contributed by atoms with E-state index in [-0.39, 0.29) is 36.0 Å². The van der Waals surface area contributed by atoms with Crippen LogP contribution in [-0.2, 0) is 18.8 Å². The first-order chi connectivity index (χ1) is 13.7. The van der Waals surface area contributed by atoms with Gasteiger partial charge in [-0.1, -0.05) is 34.6 Å². The number of nitrogens with zero attached hydrogens (tertiary/aromatic N) is 2. The molecule has 3 rings (SSSR count). The second-order valence-corrected chi connectivity index (χ2v) is 15.5. The average molecular weight is 429 g/mol. The molecule has 30 heavy (non-hydrogen) atoms. The third-order valence-electron chi connectivity index (χ3n) is 8.28. The highest BCUT2D eigenvalue weighted by molar-refractivity contribution is 6.74. The van der Waals surface area contributed by atoms with E-state index >= 15 is 0 Å². The van der Waals surface area contributed by atoms with Crippen LogP contribution in [0, 0.1) is 50.7 Å². The third-order valence-corrected chi connectivity index (χ3v) is 12.6. The number of Topliss-reactive ketones (excluding diaryl/α,β-unsaturated/α-hetero) is 1. The van der Waals surface area contributed by atoms with Crippen LogP contribution in [-0.4, -0.2) is 27.2 Å². The molecule has 0 aliphatic heterocycles. The molecule has 7 heteroatoms. The highest BCUT2D eigenvalue weighted by atomic mass is 28.4. The van der Waals surface area contributed by atoms with Crippen LogP contribution >= 0.6 is 0 Å². The van der Waals surface area contributed by atoms with Crippen molar-refractivity contribution in [2.75, 3.05) is 7.11 Å². The van der Waals surface area contributed by atoms with Gasteiger partial charge in [0.2, 0.25) is 8.32 Å². The Morgan fingerprint density at radius 1 is 1.23 bits per heavy atom. The molecule has 0 N–H and O–H groups in total. The maximum absolute atomic E-state index is 13.3. The van der Waals surface area contributed by atoms with Crippen molar-refractivity contribution in [2.45, 2.75) is 72.0 Å². The number of ketones is 1. The van der Waals surface area contributed by atoms with Gasteiger partial charge >= 0.3 is 5.97 Å². The van der Waals surface area contributed by atoms with E-state index in [1.165, 1.54) is 7.11 Å². The minimum absolute atomic E-state index is 0.0834. The zero-order valence-electron chi connectivity index (χ0n) is 19.3. The van der Waals surface area contributed by atoms with Gasteiger partial charge in [-0.3, -0.25) is 9.59 Å². The van der Waals surface area contributed by atoms with Gasteiger partial charge in [0.15, 0.2) is 5.78 Å². The number of nitriles is 2. The van der Waals surface area contributed by atoms with E-state index in [0.29, 0.717) is 11.3 Å². The quantitative estimate of drug-likeness (QED) is 0.483. The van der Waals surface area contributed by atoms with Crippen molar-refractivity contribution >= 4 is 20.1 Å². The second kappa shape index (κ2) is 6.44. The van der Waals surface area contributed by atoms with E-state index in [0.717, 1.165) is 0 Å². The Morgan fingerprint density at radius 2 is 1.83 bits per heavy atom. The summed E-state index contributed by atoms with van der Waals surface area (Å²) in [6.07, 6.45) is 0.452. The lowest BCUT2D eigenvalue weighted by molar-refractivity contribution is -0.164. The first kappa shape index (κ1) is 22.6. The number of rotatable bonds is 4. The molecule has 3 aliphatic rings. The summed E-state index contributed by atoms with van der Waals surface area (Å²) in [6.45, 7) is 14.6. The number of hydrogen-bond donors (Lipinski definition) is 0. The first-order valence-corrected chi connectivity index (χ1v) is 13.5. The Balaban J connectivity index is 2.40. The van der Waals surface area contributed by atoms with Crippen molar-refractivity contribution in [1.82, 2.24) is 0 Å². The molecule has 0 saturated heterocycles. The molecule has 2 fully saturated rings. The van der Waals surface area contributed by atoms with Crippen LogP contribution < -0.4 is 0 Å². The maximum atomic E-state index is 13.3. The van der Waals surface area contributed by atoms with Crippen LogP contribution in [0.4, 0.5) is 0 Å². The lowest BCUT2D eigenvalue weighted by Crippen LogP contribution is -2.57. The van der Waals surface area contributed by atoms with Gasteiger partial charge in [-0.15, -0.1) is 0 Å². The van der Waals surface area contributed by atoms with E-state index < -0.39 is 36.4 Å². The van der Waals surface area contributed by atoms with Gasteiger partial charge in [0.1, 0.15) is 16.2 Å². The number of ether oxygens (including phenoxy) is 1. The summed E-state index contributed by atoms with van der Waals surface area (Å²) in [6, 6.07) is 4.59. The number of allylic oxidation sites excluding steroid dienone is 2. The zero-order chi connectivity index (χ0) is 22.9. The smallest absolute Gasteiger partial charge is 0.314 e. The molecule has 162 valence electrons. The molecule has 3 aliphatic carbocycles. The summed E-state index contributed by atoms with van der Waals surface area (Å²) >= 11 is 0. The third kappa shape index (κ3) is 2.22. The molecule has 4 atom stereocenters. The highest BCUT2D eigenvalue weighted by Gasteiger charge is 2.86. The van der Waals surface area contributed by atoms with Gasteiger partial charge in [-0.05, 0) is 42.5 Å². The highest BCUT2D eigenvalue weighted by Crippen LogP contribution is 2.80. The molecule has 0 amide bonds. The summed E-state index contributed by atoms with van der Waals surface area (Å²) in [5.74, 6) is -0.729. The fourth-order valence-electron chi connectivity index (χ4n) is 5.94. The van der Waals surface area contributed by atoms with Crippen LogP contribution in [0.3, 0.4) is 0 Å². The summed E-state index contributed by atoms with van der Waals surface area (Å²) in [5, 5.41) is 20.8. The fraction of sp³-hybridized carbons (Fsp3) is 0.739. The molecule has 0 spiro atoms. The van der Waals surface area contributed by atoms with Crippen molar-refractivity contribution < 1.29 is 18.8 Å². The van der Waals surface area contributed by atoms with E-state index in [2.05, 4.69) is 46.0 Å². The number of hydrogen-bond acceptors (Lipinski definition) is 6. The van der Waals surface area contributed by atoms with E-state index in [4.69, 9.17) is 9.16 Å². The van der Waals surface area contributed by atoms with Crippen molar-refractivity contribution in [2.24, 2.45) is 28.1 Å². The van der Waals surface area contributed by atoms with E-state index in [1.54, 1.807) is 0 Å². The molecule has 0 unspecified atom stereocenters. The molecule has 0 aromatic rings. The lowest BCUT2D eigenvalue weighted by Gasteiger charge is -2.48. The van der Waals surface area contributed by atoms with Gasteiger partial charge in [-0.2, -0.15) is 10.5 Å². The number of carbonyl (C=O) groups is 2. The molecular weight excluding hydrogens is 396 g/mol. The van der Waals surface area contributed by atoms with Crippen LogP contribution in [0.1, 0.15) is 53.9 Å². The van der Waals surface area contributed by atoms with Crippen molar-refractivity contribution in [3.63, 3.8) is 0 Å². The lowest BCUT2D eigenvalue weighted by atomic mass is 9.48.